The molecular formula is C24H27NO4. The summed E-state index contributed by atoms with van der Waals surface area (Å²) in [7, 11) is 0. The van der Waals surface area contributed by atoms with Gasteiger partial charge in [-0.1, -0.05) is 49.4 Å². The summed E-state index contributed by atoms with van der Waals surface area (Å²) in [6.07, 6.45) is 7.19. The monoisotopic (exact) mass is 393 g/mol. The Morgan fingerprint density at radius 3 is 2.14 bits per heavy atom. The summed E-state index contributed by atoms with van der Waals surface area (Å²) >= 11 is 0. The molecule has 0 amide bonds. The van der Waals surface area contributed by atoms with E-state index in [1.807, 2.05) is 6.92 Å². The molecule has 2 aromatic carbocycles. The molecule has 1 fully saturated rings. The Morgan fingerprint density at radius 2 is 1.59 bits per heavy atom. The molecule has 1 saturated heterocycles. The molecule has 5 heteroatoms. The Labute approximate surface area is 171 Å². The molecular weight excluding hydrogens is 366 g/mol. The van der Waals surface area contributed by atoms with E-state index < -0.39 is 11.5 Å². The van der Waals surface area contributed by atoms with E-state index in [2.05, 4.69) is 4.90 Å². The fraction of sp³-hybridized carbons (Fsp3) is 0.292. The fourth-order valence-electron chi connectivity index (χ4n) is 3.55. The molecule has 0 spiro atoms. The van der Waals surface area contributed by atoms with Gasteiger partial charge in [-0.3, -0.25) is 4.79 Å². The van der Waals surface area contributed by atoms with Gasteiger partial charge >= 0.3 is 0 Å². The molecule has 3 rings (SSSR count). The van der Waals surface area contributed by atoms with Crippen LogP contribution in [0.25, 0.3) is 12.2 Å². The standard InChI is InChI=1S/C24H27NO4/c1-2-25-16-15-24(29,14-13-19-5-10-21(27)11-6-19)22(17-25)23(28)12-7-18-3-8-20(26)9-4-18/h3-14,22,26-27,29H,2,15-17H2,1H3/b12-7+,14-13+. The first-order valence-corrected chi connectivity index (χ1v) is 9.83. The fourth-order valence-corrected chi connectivity index (χ4v) is 3.55. The van der Waals surface area contributed by atoms with Crippen LogP contribution >= 0.6 is 0 Å². The third-order valence-electron chi connectivity index (χ3n) is 5.45. The first-order valence-electron chi connectivity index (χ1n) is 9.83. The maximum absolute atomic E-state index is 13.0. The molecule has 0 radical (unpaired) electrons. The van der Waals surface area contributed by atoms with Gasteiger partial charge in [-0.2, -0.15) is 0 Å². The molecule has 2 aromatic rings. The second-order valence-electron chi connectivity index (χ2n) is 7.44. The number of carbonyl (C=O) groups excluding carboxylic acids is 1. The van der Waals surface area contributed by atoms with E-state index in [4.69, 9.17) is 0 Å². The van der Waals surface area contributed by atoms with E-state index in [0.29, 0.717) is 13.0 Å². The van der Waals surface area contributed by atoms with Crippen LogP contribution in [0.1, 0.15) is 24.5 Å². The van der Waals surface area contributed by atoms with Crippen molar-refractivity contribution in [3.05, 3.63) is 71.8 Å². The second-order valence-corrected chi connectivity index (χ2v) is 7.44. The van der Waals surface area contributed by atoms with Crippen LogP contribution in [0.15, 0.2) is 60.7 Å². The van der Waals surface area contributed by atoms with Crippen LogP contribution in [0.4, 0.5) is 0 Å². The number of likely N-dealkylation sites (tertiary alicyclic amines) is 1. The lowest BCUT2D eigenvalue weighted by Crippen LogP contribution is -2.53. The predicted molar refractivity (Wildman–Crippen MR) is 114 cm³/mol. The molecule has 2 atom stereocenters. The van der Waals surface area contributed by atoms with Gasteiger partial charge < -0.3 is 20.2 Å². The third kappa shape index (κ3) is 5.34. The molecule has 0 aromatic heterocycles. The van der Waals surface area contributed by atoms with Crippen molar-refractivity contribution in [1.82, 2.24) is 4.90 Å². The number of hydrogen-bond acceptors (Lipinski definition) is 5. The lowest BCUT2D eigenvalue weighted by atomic mass is 9.77. The summed E-state index contributed by atoms with van der Waals surface area (Å²) in [5.74, 6) is -0.343. The van der Waals surface area contributed by atoms with Gasteiger partial charge in [-0.15, -0.1) is 0 Å². The van der Waals surface area contributed by atoms with E-state index in [9.17, 15) is 20.1 Å². The van der Waals surface area contributed by atoms with Crippen LogP contribution in [0.2, 0.25) is 0 Å². The zero-order chi connectivity index (χ0) is 20.9. The number of piperidine rings is 1. The quantitative estimate of drug-likeness (QED) is 0.655. The maximum atomic E-state index is 13.0. The highest BCUT2D eigenvalue weighted by atomic mass is 16.3. The average Bonchev–Trinajstić information content (AvgIpc) is 2.73. The Morgan fingerprint density at radius 1 is 1.03 bits per heavy atom. The smallest absolute Gasteiger partial charge is 0.163 e. The van der Waals surface area contributed by atoms with Crippen LogP contribution in [-0.2, 0) is 4.79 Å². The van der Waals surface area contributed by atoms with E-state index in [1.54, 1.807) is 66.8 Å². The molecule has 29 heavy (non-hydrogen) atoms. The SMILES string of the molecule is CCN1CCC(O)(/C=C/c2ccc(O)cc2)C(C(=O)/C=C/c2ccc(O)cc2)C1. The highest BCUT2D eigenvalue weighted by molar-refractivity contribution is 5.96. The minimum Gasteiger partial charge on any atom is -0.508 e. The Hall–Kier alpha value is -2.89. The number of benzene rings is 2. The van der Waals surface area contributed by atoms with Gasteiger partial charge in [0.2, 0.25) is 0 Å². The molecule has 5 nitrogen and oxygen atoms in total. The number of hydrogen-bond donors (Lipinski definition) is 3. The van der Waals surface area contributed by atoms with Gasteiger partial charge in [0.1, 0.15) is 11.5 Å². The maximum Gasteiger partial charge on any atom is 0.163 e. The van der Waals surface area contributed by atoms with Crippen molar-refractivity contribution in [3.8, 4) is 11.5 Å². The summed E-state index contributed by atoms with van der Waals surface area (Å²) in [4.78, 5) is 15.1. The Balaban J connectivity index is 1.81. The van der Waals surface area contributed by atoms with Gasteiger partial charge in [0, 0.05) is 13.1 Å². The van der Waals surface area contributed by atoms with Gasteiger partial charge in [0.25, 0.3) is 0 Å². The number of rotatable bonds is 6. The molecule has 3 N–H and O–H groups in total. The van der Waals surface area contributed by atoms with Crippen LogP contribution in [0, 0.1) is 5.92 Å². The first kappa shape index (κ1) is 20.8. The van der Waals surface area contributed by atoms with E-state index in [0.717, 1.165) is 24.2 Å². The highest BCUT2D eigenvalue weighted by Gasteiger charge is 2.42. The van der Waals surface area contributed by atoms with E-state index in [-0.39, 0.29) is 17.3 Å². The molecule has 0 bridgehead atoms. The largest absolute Gasteiger partial charge is 0.508 e. The first-order chi connectivity index (χ1) is 13.9. The second kappa shape index (κ2) is 9.07. The lowest BCUT2D eigenvalue weighted by Gasteiger charge is -2.41. The van der Waals surface area contributed by atoms with Gasteiger partial charge in [-0.05, 0) is 54.4 Å². The van der Waals surface area contributed by atoms with Crippen molar-refractivity contribution in [2.45, 2.75) is 18.9 Å². The van der Waals surface area contributed by atoms with Crippen molar-refractivity contribution in [2.75, 3.05) is 19.6 Å². The molecule has 1 aliphatic rings. The third-order valence-corrected chi connectivity index (χ3v) is 5.45. The van der Waals surface area contributed by atoms with Gasteiger partial charge in [0.15, 0.2) is 5.78 Å². The minimum atomic E-state index is -1.24. The molecule has 0 aliphatic carbocycles. The number of carbonyl (C=O) groups is 1. The zero-order valence-corrected chi connectivity index (χ0v) is 16.5. The number of phenolic OH excluding ortho intramolecular Hbond substituents is 2. The van der Waals surface area contributed by atoms with Crippen molar-refractivity contribution in [2.24, 2.45) is 5.92 Å². The molecule has 152 valence electrons. The number of aliphatic hydroxyl groups is 1. The average molecular weight is 393 g/mol. The van der Waals surface area contributed by atoms with Crippen LogP contribution in [0.5, 0.6) is 11.5 Å². The summed E-state index contributed by atoms with van der Waals surface area (Å²) in [5.41, 5.74) is 0.419. The van der Waals surface area contributed by atoms with Gasteiger partial charge in [-0.25, -0.2) is 0 Å². The van der Waals surface area contributed by atoms with Crippen molar-refractivity contribution in [1.29, 1.82) is 0 Å². The zero-order valence-electron chi connectivity index (χ0n) is 16.5. The molecule has 1 aliphatic heterocycles. The minimum absolute atomic E-state index is 0.130. The predicted octanol–water partition coefficient (Wildman–Crippen LogP) is 3.47. The van der Waals surface area contributed by atoms with Crippen molar-refractivity contribution in [3.63, 3.8) is 0 Å². The normalized spacial score (nSPS) is 23.0. The number of nitrogens with zero attached hydrogens (tertiary/aromatic N) is 1. The van der Waals surface area contributed by atoms with Crippen LogP contribution in [0.3, 0.4) is 0 Å². The van der Waals surface area contributed by atoms with Crippen LogP contribution in [-0.4, -0.2) is 51.2 Å². The summed E-state index contributed by atoms with van der Waals surface area (Å²) in [6, 6.07) is 13.3. The molecule has 0 saturated carbocycles. The number of allylic oxidation sites excluding steroid dienone is 1. The Bertz CT molecular complexity index is 886. The molecule has 1 heterocycles. The number of ketones is 1. The van der Waals surface area contributed by atoms with Gasteiger partial charge in [0.05, 0.1) is 11.5 Å². The van der Waals surface area contributed by atoms with Crippen LogP contribution < -0.4 is 0 Å². The number of phenols is 2. The summed E-state index contributed by atoms with van der Waals surface area (Å²) in [5, 5.41) is 30.1. The number of aromatic hydroxyl groups is 2. The van der Waals surface area contributed by atoms with E-state index >= 15 is 0 Å². The molecule has 2 unspecified atom stereocenters. The van der Waals surface area contributed by atoms with Crippen molar-refractivity contribution < 1.29 is 20.1 Å². The summed E-state index contributed by atoms with van der Waals surface area (Å²) < 4.78 is 0. The highest BCUT2D eigenvalue weighted by Crippen LogP contribution is 2.31. The van der Waals surface area contributed by atoms with Crippen molar-refractivity contribution >= 4 is 17.9 Å². The lowest BCUT2D eigenvalue weighted by molar-refractivity contribution is -0.129. The topological polar surface area (TPSA) is 81.0 Å². The van der Waals surface area contributed by atoms with E-state index in [1.165, 1.54) is 6.08 Å². The Kier molecular flexibility index (Phi) is 6.52. The summed E-state index contributed by atoms with van der Waals surface area (Å²) in [6.45, 7) is 4.08.